The van der Waals surface area contributed by atoms with Gasteiger partial charge in [0.2, 0.25) is 0 Å². The fraction of sp³-hybridized carbons (Fsp3) is 0.333. The monoisotopic (exact) mass is 178 g/mol. The molecule has 0 aliphatic carbocycles. The van der Waals surface area contributed by atoms with E-state index in [1.165, 1.54) is 0 Å². The first-order valence-corrected chi connectivity index (χ1v) is 4.37. The molecule has 0 bridgehead atoms. The van der Waals surface area contributed by atoms with E-state index < -0.39 is 5.67 Å². The summed E-state index contributed by atoms with van der Waals surface area (Å²) in [6.45, 7) is 8.85. The van der Waals surface area contributed by atoms with Crippen molar-refractivity contribution in [3.8, 4) is 0 Å². The molecule has 0 saturated heterocycles. The van der Waals surface area contributed by atoms with Crippen molar-refractivity contribution in [3.63, 3.8) is 0 Å². The highest BCUT2D eigenvalue weighted by molar-refractivity contribution is 5.36. The van der Waals surface area contributed by atoms with Crippen LogP contribution in [-0.4, -0.2) is 0 Å². The molecule has 1 unspecified atom stereocenters. The Kier molecular flexibility index (Phi) is 2.55. The zero-order valence-electron chi connectivity index (χ0n) is 8.39. The van der Waals surface area contributed by atoms with E-state index in [9.17, 15) is 4.39 Å². The second kappa shape index (κ2) is 3.33. The van der Waals surface area contributed by atoms with E-state index >= 15 is 0 Å². The SMILES string of the molecule is C=C(C)C(C)(F)c1ccccc1C. The van der Waals surface area contributed by atoms with Gasteiger partial charge in [-0.25, -0.2) is 4.39 Å². The fourth-order valence-electron chi connectivity index (χ4n) is 1.33. The number of allylic oxidation sites excluding steroid dienone is 1. The van der Waals surface area contributed by atoms with Gasteiger partial charge in [-0.15, -0.1) is 0 Å². The largest absolute Gasteiger partial charge is 0.234 e. The van der Waals surface area contributed by atoms with E-state index in [4.69, 9.17) is 0 Å². The second-order valence-electron chi connectivity index (χ2n) is 3.60. The lowest BCUT2D eigenvalue weighted by molar-refractivity contribution is 0.244. The Bertz CT molecular complexity index is 324. The topological polar surface area (TPSA) is 0 Å². The molecule has 0 aromatic heterocycles. The van der Waals surface area contributed by atoms with Gasteiger partial charge < -0.3 is 0 Å². The minimum Gasteiger partial charge on any atom is -0.234 e. The van der Waals surface area contributed by atoms with Crippen molar-refractivity contribution in [3.05, 3.63) is 47.5 Å². The number of hydrogen-bond donors (Lipinski definition) is 0. The van der Waals surface area contributed by atoms with Gasteiger partial charge in [-0.05, 0) is 37.5 Å². The Morgan fingerprint density at radius 2 is 1.92 bits per heavy atom. The molecule has 0 fully saturated rings. The number of alkyl halides is 1. The maximum absolute atomic E-state index is 14.1. The Morgan fingerprint density at radius 3 is 2.38 bits per heavy atom. The molecule has 1 rings (SSSR count). The third-order valence-electron chi connectivity index (χ3n) is 2.45. The van der Waals surface area contributed by atoms with Crippen molar-refractivity contribution in [2.45, 2.75) is 26.4 Å². The third-order valence-corrected chi connectivity index (χ3v) is 2.45. The normalized spacial score (nSPS) is 15.1. The highest BCUT2D eigenvalue weighted by Gasteiger charge is 2.27. The molecule has 0 saturated carbocycles. The molecule has 70 valence electrons. The van der Waals surface area contributed by atoms with Gasteiger partial charge in [0.25, 0.3) is 0 Å². The molecule has 1 atom stereocenters. The lowest BCUT2D eigenvalue weighted by atomic mass is 9.88. The predicted octanol–water partition coefficient (Wildman–Crippen LogP) is 3.76. The molecule has 1 aromatic rings. The van der Waals surface area contributed by atoms with Crippen LogP contribution < -0.4 is 0 Å². The summed E-state index contributed by atoms with van der Waals surface area (Å²) < 4.78 is 14.1. The predicted molar refractivity (Wildman–Crippen MR) is 54.5 cm³/mol. The van der Waals surface area contributed by atoms with E-state index in [2.05, 4.69) is 6.58 Å². The van der Waals surface area contributed by atoms with Crippen LogP contribution >= 0.6 is 0 Å². The van der Waals surface area contributed by atoms with Gasteiger partial charge in [0, 0.05) is 0 Å². The molecule has 0 aliphatic rings. The average molecular weight is 178 g/mol. The van der Waals surface area contributed by atoms with Crippen molar-refractivity contribution in [1.82, 2.24) is 0 Å². The third kappa shape index (κ3) is 1.80. The van der Waals surface area contributed by atoms with Crippen LogP contribution in [0.4, 0.5) is 4.39 Å². The summed E-state index contributed by atoms with van der Waals surface area (Å²) in [4.78, 5) is 0. The maximum atomic E-state index is 14.1. The van der Waals surface area contributed by atoms with Crippen LogP contribution in [0.2, 0.25) is 0 Å². The summed E-state index contributed by atoms with van der Waals surface area (Å²) in [5, 5.41) is 0. The smallest absolute Gasteiger partial charge is 0.154 e. The maximum Gasteiger partial charge on any atom is 0.154 e. The summed E-state index contributed by atoms with van der Waals surface area (Å²) in [7, 11) is 0. The number of aryl methyl sites for hydroxylation is 1. The van der Waals surface area contributed by atoms with Crippen LogP contribution in [-0.2, 0) is 5.67 Å². The van der Waals surface area contributed by atoms with Crippen molar-refractivity contribution < 1.29 is 4.39 Å². The second-order valence-corrected chi connectivity index (χ2v) is 3.60. The number of benzene rings is 1. The number of rotatable bonds is 2. The van der Waals surface area contributed by atoms with Crippen molar-refractivity contribution in [1.29, 1.82) is 0 Å². The molecular weight excluding hydrogens is 163 g/mol. The number of hydrogen-bond acceptors (Lipinski definition) is 0. The average Bonchev–Trinajstić information content (AvgIpc) is 2.04. The molecule has 13 heavy (non-hydrogen) atoms. The standard InChI is InChI=1S/C12H15F/c1-9(2)12(4,13)11-8-6-5-7-10(11)3/h5-8H,1H2,2-4H3. The van der Waals surface area contributed by atoms with E-state index in [0.717, 1.165) is 5.56 Å². The van der Waals surface area contributed by atoms with Crippen molar-refractivity contribution in [2.24, 2.45) is 0 Å². The molecule has 0 aliphatic heterocycles. The Hall–Kier alpha value is -1.11. The minimum absolute atomic E-state index is 0.543. The lowest BCUT2D eigenvalue weighted by Crippen LogP contribution is -2.17. The van der Waals surface area contributed by atoms with Crippen LogP contribution in [0.3, 0.4) is 0 Å². The molecule has 0 amide bonds. The van der Waals surface area contributed by atoms with E-state index in [1.807, 2.05) is 31.2 Å². The van der Waals surface area contributed by atoms with Crippen LogP contribution in [0, 0.1) is 6.92 Å². The van der Waals surface area contributed by atoms with Gasteiger partial charge in [0.05, 0.1) is 0 Å². The highest BCUT2D eigenvalue weighted by atomic mass is 19.1. The van der Waals surface area contributed by atoms with E-state index in [0.29, 0.717) is 11.1 Å². The molecule has 0 nitrogen and oxygen atoms in total. The van der Waals surface area contributed by atoms with E-state index in [1.54, 1.807) is 13.8 Å². The van der Waals surface area contributed by atoms with Gasteiger partial charge in [0.1, 0.15) is 0 Å². The zero-order valence-corrected chi connectivity index (χ0v) is 8.39. The first kappa shape index (κ1) is 9.97. The van der Waals surface area contributed by atoms with Crippen LogP contribution in [0.5, 0.6) is 0 Å². The summed E-state index contributed by atoms with van der Waals surface area (Å²) in [5.41, 5.74) is 0.811. The molecule has 1 aromatic carbocycles. The first-order valence-electron chi connectivity index (χ1n) is 4.37. The van der Waals surface area contributed by atoms with Crippen molar-refractivity contribution in [2.75, 3.05) is 0 Å². The number of halogens is 1. The van der Waals surface area contributed by atoms with E-state index in [-0.39, 0.29) is 0 Å². The Labute approximate surface area is 79.1 Å². The van der Waals surface area contributed by atoms with Crippen molar-refractivity contribution >= 4 is 0 Å². The van der Waals surface area contributed by atoms with Gasteiger partial charge >= 0.3 is 0 Å². The van der Waals surface area contributed by atoms with Crippen LogP contribution in [0.25, 0.3) is 0 Å². The summed E-state index contributed by atoms with van der Waals surface area (Å²) in [6.07, 6.45) is 0. The molecular formula is C12H15F. The summed E-state index contributed by atoms with van der Waals surface area (Å²) in [5.74, 6) is 0. The van der Waals surface area contributed by atoms with Crippen LogP contribution in [0.1, 0.15) is 25.0 Å². The Morgan fingerprint density at radius 1 is 1.38 bits per heavy atom. The quantitative estimate of drug-likeness (QED) is 0.605. The molecule has 0 radical (unpaired) electrons. The lowest BCUT2D eigenvalue weighted by Gasteiger charge is -2.22. The molecule has 0 spiro atoms. The van der Waals surface area contributed by atoms with Gasteiger partial charge in [0.15, 0.2) is 5.67 Å². The first-order chi connectivity index (χ1) is 5.96. The molecule has 0 heterocycles. The molecule has 1 heteroatoms. The summed E-state index contributed by atoms with van der Waals surface area (Å²) in [6, 6.07) is 7.48. The highest BCUT2D eigenvalue weighted by Crippen LogP contribution is 2.33. The molecule has 0 N–H and O–H groups in total. The van der Waals surface area contributed by atoms with Gasteiger partial charge in [-0.3, -0.25) is 0 Å². The van der Waals surface area contributed by atoms with Gasteiger partial charge in [-0.1, -0.05) is 30.8 Å². The van der Waals surface area contributed by atoms with Gasteiger partial charge in [-0.2, -0.15) is 0 Å². The fourth-order valence-corrected chi connectivity index (χ4v) is 1.33. The summed E-state index contributed by atoms with van der Waals surface area (Å²) >= 11 is 0. The van der Waals surface area contributed by atoms with Crippen LogP contribution in [0.15, 0.2) is 36.4 Å². The zero-order chi connectivity index (χ0) is 10.1. The Balaban J connectivity index is 3.22. The minimum atomic E-state index is -1.41.